The number of aromatic amines is 1. The number of rotatable bonds is 4. The highest BCUT2D eigenvalue weighted by Gasteiger charge is 2.49. The van der Waals surface area contributed by atoms with Gasteiger partial charge in [0, 0.05) is 34.5 Å². The first-order valence-electron chi connectivity index (χ1n) is 10.2. The van der Waals surface area contributed by atoms with Gasteiger partial charge in [0.1, 0.15) is 12.1 Å². The maximum Gasteiger partial charge on any atom is 0.246 e. The normalized spacial score (nSPS) is 24.7. The second-order valence-electron chi connectivity index (χ2n) is 9.40. The van der Waals surface area contributed by atoms with Gasteiger partial charge in [0.25, 0.3) is 0 Å². The summed E-state index contributed by atoms with van der Waals surface area (Å²) < 4.78 is 0. The number of aliphatic hydroxyl groups is 1. The summed E-state index contributed by atoms with van der Waals surface area (Å²) in [5, 5.41) is 14.7. The Balaban J connectivity index is 1.82. The van der Waals surface area contributed by atoms with Crippen molar-refractivity contribution < 1.29 is 14.7 Å². The third-order valence-corrected chi connectivity index (χ3v) is 6.11. The molecule has 29 heavy (non-hydrogen) atoms. The molecule has 2 aliphatic rings. The van der Waals surface area contributed by atoms with E-state index in [1.807, 2.05) is 18.2 Å². The van der Waals surface area contributed by atoms with Crippen LogP contribution in [0.2, 0.25) is 5.02 Å². The predicted octanol–water partition coefficient (Wildman–Crippen LogP) is 3.32. The number of carbonyl (C=O) groups excluding carboxylic acids is 2. The van der Waals surface area contributed by atoms with Gasteiger partial charge >= 0.3 is 0 Å². The van der Waals surface area contributed by atoms with Gasteiger partial charge in [-0.2, -0.15) is 0 Å². The van der Waals surface area contributed by atoms with Gasteiger partial charge in [-0.25, -0.2) is 0 Å². The zero-order chi connectivity index (χ0) is 21.1. The average Bonchev–Trinajstić information content (AvgIpc) is 2.95. The van der Waals surface area contributed by atoms with E-state index in [0.717, 1.165) is 28.6 Å². The molecule has 3 N–H and O–H groups in total. The number of carbonyl (C=O) groups is 2. The van der Waals surface area contributed by atoms with Crippen LogP contribution >= 0.6 is 11.6 Å². The lowest BCUT2D eigenvalue weighted by atomic mass is 9.84. The summed E-state index contributed by atoms with van der Waals surface area (Å²) in [6.45, 7) is 7.54. The van der Waals surface area contributed by atoms with Crippen LogP contribution in [0.5, 0.6) is 0 Å². The molecule has 2 aliphatic heterocycles. The van der Waals surface area contributed by atoms with Crippen LogP contribution in [-0.4, -0.2) is 44.5 Å². The molecule has 3 unspecified atom stereocenters. The van der Waals surface area contributed by atoms with Crippen LogP contribution in [0.4, 0.5) is 0 Å². The number of hydrogen-bond donors (Lipinski definition) is 3. The number of fused-ring (bicyclic) bond motifs is 4. The SMILES string of the molecule is CC(C)CC1c2[nH]c3ccc(Cl)cc3c2CC2C(=O)NC(CC(C)(C)O)C(=O)N21. The predicted molar refractivity (Wildman–Crippen MR) is 113 cm³/mol. The quantitative estimate of drug-likeness (QED) is 0.713. The van der Waals surface area contributed by atoms with E-state index in [0.29, 0.717) is 17.4 Å². The molecule has 1 saturated heterocycles. The number of nitrogens with zero attached hydrogens (tertiary/aromatic N) is 1. The van der Waals surface area contributed by atoms with E-state index in [9.17, 15) is 14.7 Å². The first-order chi connectivity index (χ1) is 13.5. The number of halogens is 1. The minimum atomic E-state index is -1.05. The van der Waals surface area contributed by atoms with E-state index in [2.05, 4.69) is 24.1 Å². The van der Waals surface area contributed by atoms with E-state index >= 15 is 0 Å². The van der Waals surface area contributed by atoms with Crippen molar-refractivity contribution in [1.82, 2.24) is 15.2 Å². The highest BCUT2D eigenvalue weighted by atomic mass is 35.5. The van der Waals surface area contributed by atoms with Gasteiger partial charge in [-0.3, -0.25) is 9.59 Å². The Morgan fingerprint density at radius 1 is 1.31 bits per heavy atom. The van der Waals surface area contributed by atoms with E-state index < -0.39 is 17.7 Å². The largest absolute Gasteiger partial charge is 0.390 e. The first-order valence-corrected chi connectivity index (χ1v) is 10.6. The molecular formula is C22H28ClN3O3. The van der Waals surface area contributed by atoms with Crippen molar-refractivity contribution in [2.75, 3.05) is 0 Å². The van der Waals surface area contributed by atoms with Crippen LogP contribution in [0.3, 0.4) is 0 Å². The zero-order valence-corrected chi connectivity index (χ0v) is 18.0. The first kappa shape index (κ1) is 20.2. The summed E-state index contributed by atoms with van der Waals surface area (Å²) in [5.74, 6) is 0.0615. The molecule has 0 bridgehead atoms. The second kappa shape index (κ2) is 7.03. The molecule has 6 nitrogen and oxygen atoms in total. The number of benzene rings is 1. The Labute approximate surface area is 175 Å². The van der Waals surface area contributed by atoms with Crippen molar-refractivity contribution in [1.29, 1.82) is 0 Å². The van der Waals surface area contributed by atoms with Crippen LogP contribution in [0.1, 0.15) is 57.8 Å². The summed E-state index contributed by atoms with van der Waals surface area (Å²) >= 11 is 6.23. The highest BCUT2D eigenvalue weighted by Crippen LogP contribution is 2.42. The number of aromatic nitrogens is 1. The molecule has 2 aromatic rings. The molecule has 1 aromatic carbocycles. The van der Waals surface area contributed by atoms with Crippen LogP contribution in [-0.2, 0) is 16.0 Å². The van der Waals surface area contributed by atoms with Crippen molar-refractivity contribution in [3.8, 4) is 0 Å². The Kier molecular flexibility index (Phi) is 4.90. The molecule has 4 rings (SSSR count). The minimum absolute atomic E-state index is 0.121. The van der Waals surface area contributed by atoms with Crippen LogP contribution < -0.4 is 5.32 Å². The maximum absolute atomic E-state index is 13.4. The molecule has 0 saturated carbocycles. The standard InChI is InChI=1S/C22H28ClN3O3/c1-11(2)7-17-19-14(13-8-12(23)5-6-15(13)24-19)9-18-20(27)25-16(10-22(3,4)29)21(28)26(17)18/h5-6,8,11,16-18,24,29H,7,9-10H2,1-4H3,(H,25,27). The number of H-pyrrole nitrogens is 1. The van der Waals surface area contributed by atoms with E-state index in [1.165, 1.54) is 0 Å². The molecule has 1 aromatic heterocycles. The summed E-state index contributed by atoms with van der Waals surface area (Å²) in [4.78, 5) is 31.7. The smallest absolute Gasteiger partial charge is 0.246 e. The molecule has 1 fully saturated rings. The molecule has 3 heterocycles. The van der Waals surface area contributed by atoms with Crippen molar-refractivity contribution in [3.63, 3.8) is 0 Å². The number of piperazine rings is 1. The zero-order valence-electron chi connectivity index (χ0n) is 17.3. The van der Waals surface area contributed by atoms with Gasteiger partial charge in [-0.05, 0) is 49.9 Å². The lowest BCUT2D eigenvalue weighted by molar-refractivity contribution is -0.155. The third-order valence-electron chi connectivity index (χ3n) is 5.87. The van der Waals surface area contributed by atoms with Crippen LogP contribution in [0, 0.1) is 5.92 Å². The van der Waals surface area contributed by atoms with E-state index in [-0.39, 0.29) is 24.3 Å². The Hall–Kier alpha value is -2.05. The monoisotopic (exact) mass is 417 g/mol. The van der Waals surface area contributed by atoms with E-state index in [4.69, 9.17) is 11.6 Å². The Bertz CT molecular complexity index is 976. The molecule has 0 radical (unpaired) electrons. The summed E-state index contributed by atoms with van der Waals surface area (Å²) in [5.41, 5.74) is 1.98. The molecule has 2 amide bonds. The molecule has 3 atom stereocenters. The topological polar surface area (TPSA) is 85.4 Å². The number of nitrogens with one attached hydrogen (secondary N) is 2. The van der Waals surface area contributed by atoms with Gasteiger partial charge in [0.05, 0.1) is 11.6 Å². The summed E-state index contributed by atoms with van der Waals surface area (Å²) in [6.07, 6.45) is 1.39. The van der Waals surface area contributed by atoms with Gasteiger partial charge in [-0.1, -0.05) is 25.4 Å². The lowest BCUT2D eigenvalue weighted by Gasteiger charge is -2.47. The maximum atomic E-state index is 13.4. The summed E-state index contributed by atoms with van der Waals surface area (Å²) in [7, 11) is 0. The van der Waals surface area contributed by atoms with Crippen molar-refractivity contribution in [3.05, 3.63) is 34.5 Å². The van der Waals surface area contributed by atoms with Crippen molar-refractivity contribution in [2.24, 2.45) is 5.92 Å². The van der Waals surface area contributed by atoms with Crippen LogP contribution in [0.25, 0.3) is 10.9 Å². The van der Waals surface area contributed by atoms with Gasteiger partial charge in [-0.15, -0.1) is 0 Å². The Morgan fingerprint density at radius 2 is 2.03 bits per heavy atom. The van der Waals surface area contributed by atoms with Crippen molar-refractivity contribution in [2.45, 2.75) is 70.7 Å². The van der Waals surface area contributed by atoms with E-state index in [1.54, 1.807) is 18.7 Å². The van der Waals surface area contributed by atoms with Crippen molar-refractivity contribution >= 4 is 34.3 Å². The molecular weight excluding hydrogens is 390 g/mol. The fraction of sp³-hybridized carbons (Fsp3) is 0.545. The molecule has 0 spiro atoms. The highest BCUT2D eigenvalue weighted by molar-refractivity contribution is 6.31. The number of hydrogen-bond acceptors (Lipinski definition) is 3. The lowest BCUT2D eigenvalue weighted by Crippen LogP contribution is -2.66. The van der Waals surface area contributed by atoms with Crippen LogP contribution in [0.15, 0.2) is 18.2 Å². The molecule has 0 aliphatic carbocycles. The summed E-state index contributed by atoms with van der Waals surface area (Å²) in [6, 6.07) is 4.24. The second-order valence-corrected chi connectivity index (χ2v) is 9.83. The minimum Gasteiger partial charge on any atom is -0.390 e. The van der Waals surface area contributed by atoms with Gasteiger partial charge in [0.15, 0.2) is 0 Å². The fourth-order valence-corrected chi connectivity index (χ4v) is 4.92. The Morgan fingerprint density at radius 3 is 2.69 bits per heavy atom. The van der Waals surface area contributed by atoms with Gasteiger partial charge in [0.2, 0.25) is 11.8 Å². The fourth-order valence-electron chi connectivity index (χ4n) is 4.74. The third kappa shape index (κ3) is 3.64. The molecule has 7 heteroatoms. The van der Waals surface area contributed by atoms with Gasteiger partial charge < -0.3 is 20.3 Å². The molecule has 156 valence electrons. The number of amides is 2. The average molecular weight is 418 g/mol.